The number of nitrogens with zero attached hydrogens (tertiary/aromatic N) is 1. The van der Waals surface area contributed by atoms with E-state index in [1.807, 2.05) is 19.1 Å². The maximum absolute atomic E-state index is 12.2. The third-order valence-electron chi connectivity index (χ3n) is 3.57. The monoisotopic (exact) mass is 407 g/mol. The third-order valence-corrected chi connectivity index (χ3v) is 4.12. The van der Waals surface area contributed by atoms with Gasteiger partial charge in [0.25, 0.3) is 5.91 Å². The molecular formula is C19H19Cl2N3O3. The summed E-state index contributed by atoms with van der Waals surface area (Å²) in [4.78, 5) is 24.3. The van der Waals surface area contributed by atoms with E-state index in [4.69, 9.17) is 27.9 Å². The molecule has 0 radical (unpaired) electrons. The summed E-state index contributed by atoms with van der Waals surface area (Å²) >= 11 is 11.8. The lowest BCUT2D eigenvalue weighted by molar-refractivity contribution is -0.115. The number of carbonyl (C=O) groups excluding carboxylic acids is 2. The number of methoxy groups -OCH3 is 1. The first-order valence-corrected chi connectivity index (χ1v) is 8.78. The summed E-state index contributed by atoms with van der Waals surface area (Å²) in [7, 11) is 1.53. The van der Waals surface area contributed by atoms with Crippen molar-refractivity contribution in [3.63, 3.8) is 0 Å². The number of amides is 2. The SMILES string of the molecule is COc1ccc(C)cc1NC(=O)CC(C)=NNC(=O)c1ccc(Cl)cc1Cl. The minimum Gasteiger partial charge on any atom is -0.495 e. The van der Waals surface area contributed by atoms with Crippen LogP contribution >= 0.6 is 23.2 Å². The first-order chi connectivity index (χ1) is 12.8. The first-order valence-electron chi connectivity index (χ1n) is 8.03. The molecule has 142 valence electrons. The van der Waals surface area contributed by atoms with Crippen LogP contribution in [0.4, 0.5) is 5.69 Å². The zero-order valence-electron chi connectivity index (χ0n) is 15.1. The highest BCUT2D eigenvalue weighted by molar-refractivity contribution is 6.36. The molecule has 27 heavy (non-hydrogen) atoms. The molecule has 0 aliphatic heterocycles. The van der Waals surface area contributed by atoms with E-state index < -0.39 is 5.91 Å². The Bertz CT molecular complexity index is 898. The second kappa shape index (κ2) is 9.39. The molecule has 0 heterocycles. The molecule has 0 unspecified atom stereocenters. The van der Waals surface area contributed by atoms with Crippen LogP contribution in [0.25, 0.3) is 0 Å². The number of anilines is 1. The summed E-state index contributed by atoms with van der Waals surface area (Å²) in [6.45, 7) is 3.55. The number of rotatable bonds is 6. The van der Waals surface area contributed by atoms with Crippen molar-refractivity contribution >= 4 is 46.4 Å². The van der Waals surface area contributed by atoms with Crippen LogP contribution in [0.3, 0.4) is 0 Å². The normalized spacial score (nSPS) is 11.1. The fourth-order valence-corrected chi connectivity index (χ4v) is 2.76. The van der Waals surface area contributed by atoms with E-state index in [0.717, 1.165) is 5.56 Å². The zero-order valence-corrected chi connectivity index (χ0v) is 16.6. The molecule has 2 amide bonds. The Labute approximate surface area is 167 Å². The van der Waals surface area contributed by atoms with Gasteiger partial charge in [0.05, 0.1) is 29.8 Å². The number of aryl methyl sites for hydroxylation is 1. The van der Waals surface area contributed by atoms with Crippen molar-refractivity contribution in [2.24, 2.45) is 5.10 Å². The molecule has 0 aliphatic carbocycles. The minimum atomic E-state index is -0.489. The molecule has 8 heteroatoms. The van der Waals surface area contributed by atoms with Crippen LogP contribution in [0.1, 0.15) is 29.3 Å². The lowest BCUT2D eigenvalue weighted by Crippen LogP contribution is -2.22. The quantitative estimate of drug-likeness (QED) is 0.548. The van der Waals surface area contributed by atoms with Gasteiger partial charge in [0, 0.05) is 10.7 Å². The molecule has 0 fully saturated rings. The van der Waals surface area contributed by atoms with Crippen LogP contribution in [0, 0.1) is 6.92 Å². The summed E-state index contributed by atoms with van der Waals surface area (Å²) in [5, 5.41) is 7.36. The Morgan fingerprint density at radius 3 is 2.56 bits per heavy atom. The van der Waals surface area contributed by atoms with Gasteiger partial charge in [-0.05, 0) is 49.7 Å². The van der Waals surface area contributed by atoms with Gasteiger partial charge in [0.1, 0.15) is 5.75 Å². The van der Waals surface area contributed by atoms with Gasteiger partial charge < -0.3 is 10.1 Å². The molecule has 0 aliphatic rings. The van der Waals surface area contributed by atoms with Crippen molar-refractivity contribution in [3.05, 3.63) is 57.6 Å². The van der Waals surface area contributed by atoms with Crippen molar-refractivity contribution < 1.29 is 14.3 Å². The summed E-state index contributed by atoms with van der Waals surface area (Å²) in [5.41, 5.74) is 4.61. The van der Waals surface area contributed by atoms with Gasteiger partial charge in [-0.25, -0.2) is 5.43 Å². The van der Waals surface area contributed by atoms with Crippen molar-refractivity contribution in [3.8, 4) is 5.75 Å². The average molecular weight is 408 g/mol. The van der Waals surface area contributed by atoms with E-state index in [2.05, 4.69) is 15.8 Å². The largest absolute Gasteiger partial charge is 0.495 e. The van der Waals surface area contributed by atoms with Gasteiger partial charge in [-0.2, -0.15) is 5.10 Å². The van der Waals surface area contributed by atoms with Crippen LogP contribution < -0.4 is 15.5 Å². The molecule has 0 saturated carbocycles. The molecule has 2 aromatic rings. The van der Waals surface area contributed by atoms with Crippen molar-refractivity contribution in [1.82, 2.24) is 5.43 Å². The fraction of sp³-hybridized carbons (Fsp3) is 0.211. The Morgan fingerprint density at radius 1 is 1.15 bits per heavy atom. The zero-order chi connectivity index (χ0) is 20.0. The summed E-state index contributed by atoms with van der Waals surface area (Å²) in [6.07, 6.45) is 0.00568. The number of hydrogen-bond acceptors (Lipinski definition) is 4. The number of benzene rings is 2. The van der Waals surface area contributed by atoms with E-state index in [1.165, 1.54) is 19.2 Å². The molecule has 2 aromatic carbocycles. The predicted molar refractivity (Wildman–Crippen MR) is 108 cm³/mol. The highest BCUT2D eigenvalue weighted by atomic mass is 35.5. The minimum absolute atomic E-state index is 0.00568. The second-order valence-corrected chi connectivity index (χ2v) is 6.68. The first kappa shape index (κ1) is 20.7. The number of hydrogen-bond donors (Lipinski definition) is 2. The molecule has 0 bridgehead atoms. The maximum Gasteiger partial charge on any atom is 0.272 e. The number of ether oxygens (including phenoxy) is 1. The fourth-order valence-electron chi connectivity index (χ4n) is 2.27. The molecule has 2 rings (SSSR count). The lowest BCUT2D eigenvalue weighted by atomic mass is 10.2. The van der Waals surface area contributed by atoms with E-state index in [9.17, 15) is 9.59 Å². The number of halogens is 2. The Balaban J connectivity index is 1.97. The van der Waals surface area contributed by atoms with Crippen LogP contribution in [0.5, 0.6) is 5.75 Å². The van der Waals surface area contributed by atoms with Crippen molar-refractivity contribution in [1.29, 1.82) is 0 Å². The standard InChI is InChI=1S/C19H19Cl2N3O3/c1-11-4-7-17(27-3)16(8-11)22-18(25)9-12(2)23-24-19(26)14-6-5-13(20)10-15(14)21/h4-8,10H,9H2,1-3H3,(H,22,25)(H,24,26). The second-order valence-electron chi connectivity index (χ2n) is 5.84. The number of carbonyl (C=O) groups is 2. The highest BCUT2D eigenvalue weighted by Crippen LogP contribution is 2.25. The lowest BCUT2D eigenvalue weighted by Gasteiger charge is -2.11. The van der Waals surface area contributed by atoms with Crippen LogP contribution in [-0.4, -0.2) is 24.6 Å². The third kappa shape index (κ3) is 5.98. The van der Waals surface area contributed by atoms with Crippen molar-refractivity contribution in [2.75, 3.05) is 12.4 Å². The van der Waals surface area contributed by atoms with Gasteiger partial charge in [0.15, 0.2) is 0 Å². The average Bonchev–Trinajstić information content (AvgIpc) is 2.59. The molecule has 6 nitrogen and oxygen atoms in total. The molecule has 0 saturated heterocycles. The maximum atomic E-state index is 12.2. The predicted octanol–water partition coefficient (Wildman–Crippen LogP) is 4.44. The molecule has 2 N–H and O–H groups in total. The van der Waals surface area contributed by atoms with Gasteiger partial charge in [0.2, 0.25) is 5.91 Å². The van der Waals surface area contributed by atoms with E-state index in [-0.39, 0.29) is 22.9 Å². The van der Waals surface area contributed by atoms with E-state index in [1.54, 1.807) is 19.1 Å². The van der Waals surface area contributed by atoms with E-state index in [0.29, 0.717) is 22.2 Å². The topological polar surface area (TPSA) is 79.8 Å². The molecule has 0 spiro atoms. The smallest absolute Gasteiger partial charge is 0.272 e. The Morgan fingerprint density at radius 2 is 1.89 bits per heavy atom. The number of nitrogens with one attached hydrogen (secondary N) is 2. The van der Waals surface area contributed by atoms with Gasteiger partial charge >= 0.3 is 0 Å². The summed E-state index contributed by atoms with van der Waals surface area (Å²) in [5.74, 6) is -0.204. The van der Waals surface area contributed by atoms with Gasteiger partial charge in [-0.3, -0.25) is 9.59 Å². The molecule has 0 atom stereocenters. The Kier molecular flexibility index (Phi) is 7.21. The summed E-state index contributed by atoms with van der Waals surface area (Å²) in [6, 6.07) is 10.0. The summed E-state index contributed by atoms with van der Waals surface area (Å²) < 4.78 is 5.23. The number of hydrazone groups is 1. The molecule has 0 aromatic heterocycles. The van der Waals surface area contributed by atoms with Crippen molar-refractivity contribution in [2.45, 2.75) is 20.3 Å². The van der Waals surface area contributed by atoms with Gasteiger partial charge in [-0.1, -0.05) is 29.3 Å². The van der Waals surface area contributed by atoms with Crippen LogP contribution in [0.2, 0.25) is 10.0 Å². The molecular weight excluding hydrogens is 389 g/mol. The van der Waals surface area contributed by atoms with Gasteiger partial charge in [-0.15, -0.1) is 0 Å². The highest BCUT2D eigenvalue weighted by Gasteiger charge is 2.12. The van der Waals surface area contributed by atoms with Crippen LogP contribution in [0.15, 0.2) is 41.5 Å². The Hall–Kier alpha value is -2.57. The van der Waals surface area contributed by atoms with Crippen LogP contribution in [-0.2, 0) is 4.79 Å². The van der Waals surface area contributed by atoms with E-state index >= 15 is 0 Å².